The molecule has 0 spiro atoms. The summed E-state index contributed by atoms with van der Waals surface area (Å²) in [5, 5.41) is 3.45. The topological polar surface area (TPSA) is 34.0 Å². The Hall–Kier alpha value is -3.02. The van der Waals surface area contributed by atoms with Crippen LogP contribution in [0.15, 0.2) is 78.9 Å². The van der Waals surface area contributed by atoms with Gasteiger partial charge in [0.25, 0.3) is 5.91 Å². The Bertz CT molecular complexity index is 1270. The van der Waals surface area contributed by atoms with E-state index in [-0.39, 0.29) is 11.7 Å². The van der Waals surface area contributed by atoms with Crippen molar-refractivity contribution in [1.82, 2.24) is 4.57 Å². The third-order valence-electron chi connectivity index (χ3n) is 5.76. The minimum Gasteiger partial charge on any atom is -0.343 e. The molecule has 0 saturated carbocycles. The number of benzene rings is 3. The first kappa shape index (κ1) is 24.1. The number of nitrogens with zero attached hydrogens (tertiary/aromatic N) is 1. The number of aryl methyl sites for hydroxylation is 1. The summed E-state index contributed by atoms with van der Waals surface area (Å²) in [4.78, 5) is 13.1. The largest absolute Gasteiger partial charge is 0.343 e. The number of hydrogen-bond donors (Lipinski definition) is 1. The Morgan fingerprint density at radius 2 is 1.74 bits per heavy atom. The first-order valence-electron chi connectivity index (χ1n) is 11.1. The van der Waals surface area contributed by atoms with Crippen molar-refractivity contribution in [2.75, 3.05) is 11.1 Å². The molecule has 0 aliphatic rings. The third-order valence-corrected chi connectivity index (χ3v) is 7.08. The lowest BCUT2D eigenvalue weighted by molar-refractivity contribution is 0.102. The fourth-order valence-electron chi connectivity index (χ4n) is 3.85. The molecule has 3 nitrogen and oxygen atoms in total. The Balaban J connectivity index is 1.54. The summed E-state index contributed by atoms with van der Waals surface area (Å²) in [6, 6.07) is 24.5. The number of thioether (sulfide) groups is 1. The Kier molecular flexibility index (Phi) is 7.76. The minimum atomic E-state index is -0.280. The van der Waals surface area contributed by atoms with Gasteiger partial charge in [-0.15, -0.1) is 0 Å². The number of carbonyl (C=O) groups excluding carboxylic acids is 1. The van der Waals surface area contributed by atoms with Gasteiger partial charge in [0.05, 0.1) is 5.56 Å². The van der Waals surface area contributed by atoms with E-state index in [1.54, 1.807) is 23.9 Å². The molecule has 1 heterocycles. The highest BCUT2D eigenvalue weighted by molar-refractivity contribution is 7.98. The monoisotopic (exact) mass is 492 g/mol. The number of halogens is 2. The minimum absolute atomic E-state index is 0.136. The average Bonchev–Trinajstić information content (AvgIpc) is 3.16. The second kappa shape index (κ2) is 10.9. The van der Waals surface area contributed by atoms with Crippen LogP contribution >= 0.6 is 23.4 Å². The number of rotatable bonds is 8. The molecule has 0 fully saturated rings. The number of amides is 1. The summed E-state index contributed by atoms with van der Waals surface area (Å²) in [5.41, 5.74) is 6.00. The maximum atomic E-state index is 14.1. The van der Waals surface area contributed by atoms with Crippen LogP contribution in [0.5, 0.6) is 0 Å². The van der Waals surface area contributed by atoms with Crippen LogP contribution in [0.25, 0.3) is 11.3 Å². The lowest BCUT2D eigenvalue weighted by atomic mass is 10.1. The molecule has 0 atom stereocenters. The van der Waals surface area contributed by atoms with Crippen LogP contribution in [0.3, 0.4) is 0 Å². The highest BCUT2D eigenvalue weighted by Crippen LogP contribution is 2.28. The number of nitrogens with one attached hydrogen (secondary N) is 1. The predicted molar refractivity (Wildman–Crippen MR) is 141 cm³/mol. The maximum Gasteiger partial charge on any atom is 0.257 e. The molecule has 0 aliphatic heterocycles. The van der Waals surface area contributed by atoms with Gasteiger partial charge in [-0.25, -0.2) is 4.39 Å². The quantitative estimate of drug-likeness (QED) is 0.255. The second-order valence-electron chi connectivity index (χ2n) is 8.12. The molecule has 6 heteroatoms. The lowest BCUT2D eigenvalue weighted by Gasteiger charge is -2.13. The molecule has 0 aliphatic carbocycles. The van der Waals surface area contributed by atoms with Gasteiger partial charge in [0.15, 0.2) is 0 Å². The Morgan fingerprint density at radius 1 is 1.00 bits per heavy atom. The van der Waals surface area contributed by atoms with Crippen LogP contribution in [0.4, 0.5) is 10.1 Å². The summed E-state index contributed by atoms with van der Waals surface area (Å²) in [6.07, 6.45) is 0. The van der Waals surface area contributed by atoms with E-state index in [9.17, 15) is 9.18 Å². The van der Waals surface area contributed by atoms with E-state index in [1.807, 2.05) is 74.5 Å². The first-order valence-corrected chi connectivity index (χ1v) is 12.6. The third kappa shape index (κ3) is 5.54. The van der Waals surface area contributed by atoms with Crippen LogP contribution < -0.4 is 5.32 Å². The molecule has 4 rings (SSSR count). The van der Waals surface area contributed by atoms with Crippen molar-refractivity contribution >= 4 is 35.0 Å². The lowest BCUT2D eigenvalue weighted by Crippen LogP contribution is -2.13. The van der Waals surface area contributed by atoms with Gasteiger partial charge in [0.1, 0.15) is 5.82 Å². The van der Waals surface area contributed by atoms with Crippen molar-refractivity contribution in [1.29, 1.82) is 0 Å². The number of carbonyl (C=O) groups is 1. The van der Waals surface area contributed by atoms with E-state index in [2.05, 4.69) is 9.88 Å². The van der Waals surface area contributed by atoms with Gasteiger partial charge in [0.2, 0.25) is 0 Å². The zero-order valence-corrected chi connectivity index (χ0v) is 20.7. The van der Waals surface area contributed by atoms with Crippen LogP contribution in [0.2, 0.25) is 5.02 Å². The SMILES string of the molecule is Cc1ccc(NC(=O)c2cc(-c3ccccc3)n(CCSCc3c(F)cccc3Cl)c2C)cc1. The standard InChI is InChI=1S/C28H26ClFN2OS/c1-19-11-13-22(14-12-19)31-28(33)23-17-27(21-7-4-3-5-8-21)32(20(23)2)15-16-34-18-24-25(29)9-6-10-26(24)30/h3-14,17H,15-16,18H2,1-2H3,(H,31,33). The smallest absolute Gasteiger partial charge is 0.257 e. The second-order valence-corrected chi connectivity index (χ2v) is 9.63. The van der Waals surface area contributed by atoms with Crippen molar-refractivity contribution in [3.05, 3.63) is 112 Å². The van der Waals surface area contributed by atoms with Gasteiger partial charge < -0.3 is 9.88 Å². The maximum absolute atomic E-state index is 14.1. The van der Waals surface area contributed by atoms with Crippen LogP contribution in [0, 0.1) is 19.7 Å². The summed E-state index contributed by atoms with van der Waals surface area (Å²) >= 11 is 7.78. The fourth-order valence-corrected chi connectivity index (χ4v) is 5.11. The highest BCUT2D eigenvalue weighted by Gasteiger charge is 2.19. The zero-order valence-electron chi connectivity index (χ0n) is 19.1. The van der Waals surface area contributed by atoms with Crippen LogP contribution in [-0.2, 0) is 12.3 Å². The van der Waals surface area contributed by atoms with Crippen molar-refractivity contribution in [3.8, 4) is 11.3 Å². The summed E-state index contributed by atoms with van der Waals surface area (Å²) in [6.45, 7) is 4.67. The Morgan fingerprint density at radius 3 is 2.44 bits per heavy atom. The highest BCUT2D eigenvalue weighted by atomic mass is 35.5. The van der Waals surface area contributed by atoms with Gasteiger partial charge in [-0.1, -0.05) is 65.7 Å². The summed E-state index contributed by atoms with van der Waals surface area (Å²) < 4.78 is 16.3. The van der Waals surface area contributed by atoms with Crippen LogP contribution in [0.1, 0.15) is 27.2 Å². The molecule has 0 unspecified atom stereocenters. The van der Waals surface area contributed by atoms with E-state index in [0.717, 1.165) is 34.0 Å². The van der Waals surface area contributed by atoms with Gasteiger partial charge in [-0.2, -0.15) is 11.8 Å². The van der Waals surface area contributed by atoms with Gasteiger partial charge >= 0.3 is 0 Å². The van der Waals surface area contributed by atoms with Crippen LogP contribution in [-0.4, -0.2) is 16.2 Å². The number of aromatic nitrogens is 1. The fraction of sp³-hybridized carbons (Fsp3) is 0.179. The predicted octanol–water partition coefficient (Wildman–Crippen LogP) is 7.75. The molecule has 0 radical (unpaired) electrons. The van der Waals surface area contributed by atoms with E-state index in [4.69, 9.17) is 11.6 Å². The summed E-state index contributed by atoms with van der Waals surface area (Å²) in [5.74, 6) is 0.826. The molecule has 34 heavy (non-hydrogen) atoms. The Labute approximate surface area is 209 Å². The molecular formula is C28H26ClFN2OS. The van der Waals surface area contributed by atoms with Crippen molar-refractivity contribution in [2.45, 2.75) is 26.1 Å². The number of hydrogen-bond acceptors (Lipinski definition) is 2. The summed E-state index contributed by atoms with van der Waals surface area (Å²) in [7, 11) is 0. The molecule has 0 saturated heterocycles. The van der Waals surface area contributed by atoms with Gasteiger partial charge in [0, 0.05) is 45.7 Å². The normalized spacial score (nSPS) is 10.9. The van der Waals surface area contributed by atoms with Crippen molar-refractivity contribution in [3.63, 3.8) is 0 Å². The molecule has 1 aromatic heterocycles. The molecule has 4 aromatic rings. The molecule has 1 amide bonds. The van der Waals surface area contributed by atoms with Crippen molar-refractivity contribution in [2.24, 2.45) is 0 Å². The molecule has 0 bridgehead atoms. The molecule has 3 aromatic carbocycles. The molecule has 1 N–H and O–H groups in total. The zero-order chi connectivity index (χ0) is 24.1. The van der Waals surface area contributed by atoms with E-state index in [1.165, 1.54) is 6.07 Å². The first-order chi connectivity index (χ1) is 16.4. The van der Waals surface area contributed by atoms with Gasteiger partial charge in [-0.3, -0.25) is 4.79 Å². The van der Waals surface area contributed by atoms with E-state index < -0.39 is 0 Å². The molecule has 174 valence electrons. The molecular weight excluding hydrogens is 467 g/mol. The van der Waals surface area contributed by atoms with E-state index >= 15 is 0 Å². The number of anilines is 1. The van der Waals surface area contributed by atoms with Crippen molar-refractivity contribution < 1.29 is 9.18 Å². The van der Waals surface area contributed by atoms with E-state index in [0.29, 0.717) is 28.4 Å². The van der Waals surface area contributed by atoms with Gasteiger partial charge in [-0.05, 0) is 49.7 Å². The average molecular weight is 493 g/mol.